The van der Waals surface area contributed by atoms with E-state index in [4.69, 9.17) is 0 Å². The van der Waals surface area contributed by atoms with Crippen molar-refractivity contribution in [1.29, 1.82) is 0 Å². The maximum atomic E-state index is 12.9. The molecule has 1 N–H and O–H groups in total. The van der Waals surface area contributed by atoms with Crippen LogP contribution in [0.3, 0.4) is 0 Å². The molecule has 1 aromatic heterocycles. The summed E-state index contributed by atoms with van der Waals surface area (Å²) in [4.78, 5) is 13.0. The van der Waals surface area contributed by atoms with Crippen molar-refractivity contribution in [3.63, 3.8) is 0 Å². The van der Waals surface area contributed by atoms with Crippen molar-refractivity contribution in [2.24, 2.45) is 0 Å². The van der Waals surface area contributed by atoms with Crippen molar-refractivity contribution in [1.82, 2.24) is 24.5 Å². The SMILES string of the molecule is Cc1ccc(-n2nnnc2SC(C)C(=O)Nc2cc(S(=O)(=O)N(C)C)ccc2C)c(C)c1. The Morgan fingerprint density at radius 3 is 2.47 bits per heavy atom. The zero-order chi connectivity index (χ0) is 23.6. The molecule has 1 unspecified atom stereocenters. The topological polar surface area (TPSA) is 110 Å². The van der Waals surface area contributed by atoms with Crippen LogP contribution >= 0.6 is 11.8 Å². The van der Waals surface area contributed by atoms with Gasteiger partial charge in [-0.1, -0.05) is 35.5 Å². The third-order valence-electron chi connectivity index (χ3n) is 4.92. The molecule has 11 heteroatoms. The van der Waals surface area contributed by atoms with Gasteiger partial charge in [0.25, 0.3) is 0 Å². The van der Waals surface area contributed by atoms with Gasteiger partial charge in [-0.2, -0.15) is 4.68 Å². The number of carbonyl (C=O) groups is 1. The molecule has 0 spiro atoms. The summed E-state index contributed by atoms with van der Waals surface area (Å²) in [5.41, 5.74) is 4.20. The molecule has 0 fully saturated rings. The van der Waals surface area contributed by atoms with Crippen LogP contribution in [0.2, 0.25) is 0 Å². The van der Waals surface area contributed by atoms with Gasteiger partial charge in [-0.05, 0) is 67.4 Å². The molecule has 9 nitrogen and oxygen atoms in total. The summed E-state index contributed by atoms with van der Waals surface area (Å²) in [7, 11) is -0.681. The average Bonchev–Trinajstić information content (AvgIpc) is 3.17. The molecule has 0 aliphatic heterocycles. The zero-order valence-corrected chi connectivity index (χ0v) is 20.5. The highest BCUT2D eigenvalue weighted by Crippen LogP contribution is 2.27. The monoisotopic (exact) mass is 474 g/mol. The molecule has 170 valence electrons. The van der Waals surface area contributed by atoms with E-state index >= 15 is 0 Å². The Morgan fingerprint density at radius 2 is 1.81 bits per heavy atom. The Labute approximate surface area is 192 Å². The Balaban J connectivity index is 1.79. The largest absolute Gasteiger partial charge is 0.325 e. The predicted octanol–water partition coefficient (Wildman–Crippen LogP) is 2.96. The number of aryl methyl sites for hydroxylation is 3. The van der Waals surface area contributed by atoms with E-state index in [0.29, 0.717) is 10.8 Å². The number of carbonyl (C=O) groups excluding carboxylic acids is 1. The third kappa shape index (κ3) is 5.00. The summed E-state index contributed by atoms with van der Waals surface area (Å²) in [6.45, 7) is 7.54. The second kappa shape index (κ2) is 9.39. The number of nitrogens with zero attached hydrogens (tertiary/aromatic N) is 5. The molecule has 0 aliphatic carbocycles. The molecule has 3 rings (SSSR count). The highest BCUT2D eigenvalue weighted by atomic mass is 32.2. The lowest BCUT2D eigenvalue weighted by Crippen LogP contribution is -2.25. The van der Waals surface area contributed by atoms with Gasteiger partial charge in [-0.25, -0.2) is 12.7 Å². The van der Waals surface area contributed by atoms with E-state index in [1.54, 1.807) is 24.6 Å². The van der Waals surface area contributed by atoms with Crippen LogP contribution in [0.1, 0.15) is 23.6 Å². The molecule has 1 amide bonds. The molecule has 32 heavy (non-hydrogen) atoms. The predicted molar refractivity (Wildman–Crippen MR) is 125 cm³/mol. The highest BCUT2D eigenvalue weighted by Gasteiger charge is 2.22. The Hall–Kier alpha value is -2.76. The lowest BCUT2D eigenvalue weighted by molar-refractivity contribution is -0.115. The normalized spacial score (nSPS) is 12.7. The number of benzene rings is 2. The zero-order valence-electron chi connectivity index (χ0n) is 18.8. The second-order valence-corrected chi connectivity index (χ2v) is 11.1. The molecule has 0 saturated carbocycles. The lowest BCUT2D eigenvalue weighted by Gasteiger charge is -2.16. The van der Waals surface area contributed by atoms with E-state index in [1.165, 1.54) is 38.0 Å². The summed E-state index contributed by atoms with van der Waals surface area (Å²) >= 11 is 1.22. The number of sulfonamides is 1. The van der Waals surface area contributed by atoms with E-state index in [0.717, 1.165) is 26.7 Å². The van der Waals surface area contributed by atoms with Crippen molar-refractivity contribution < 1.29 is 13.2 Å². The molecule has 0 radical (unpaired) electrons. The van der Waals surface area contributed by atoms with Crippen molar-refractivity contribution in [2.75, 3.05) is 19.4 Å². The molecule has 1 heterocycles. The minimum atomic E-state index is -3.61. The number of amides is 1. The average molecular weight is 475 g/mol. The van der Waals surface area contributed by atoms with Gasteiger partial charge in [-0.15, -0.1) is 5.10 Å². The molecule has 3 aromatic rings. The van der Waals surface area contributed by atoms with Gasteiger partial charge >= 0.3 is 0 Å². The van der Waals surface area contributed by atoms with Gasteiger partial charge in [-0.3, -0.25) is 4.79 Å². The van der Waals surface area contributed by atoms with Crippen molar-refractivity contribution in [3.8, 4) is 5.69 Å². The minimum absolute atomic E-state index is 0.113. The van der Waals surface area contributed by atoms with Gasteiger partial charge in [0.2, 0.25) is 21.1 Å². The lowest BCUT2D eigenvalue weighted by atomic mass is 10.1. The van der Waals surface area contributed by atoms with Crippen LogP contribution in [0.5, 0.6) is 0 Å². The van der Waals surface area contributed by atoms with E-state index in [1.807, 2.05) is 32.0 Å². The molecule has 2 aromatic carbocycles. The summed E-state index contributed by atoms with van der Waals surface area (Å²) in [5, 5.41) is 14.7. The fraction of sp³-hybridized carbons (Fsp3) is 0.333. The Bertz CT molecular complexity index is 1250. The van der Waals surface area contributed by atoms with Crippen LogP contribution in [0.4, 0.5) is 5.69 Å². The Kier molecular flexibility index (Phi) is 7.01. The van der Waals surface area contributed by atoms with Gasteiger partial charge in [0, 0.05) is 19.8 Å². The van der Waals surface area contributed by atoms with E-state index < -0.39 is 15.3 Å². The fourth-order valence-corrected chi connectivity index (χ4v) is 4.73. The first kappa shape index (κ1) is 23.9. The van der Waals surface area contributed by atoms with Crippen LogP contribution in [0.15, 0.2) is 46.5 Å². The van der Waals surface area contributed by atoms with E-state index in [2.05, 4.69) is 20.8 Å². The third-order valence-corrected chi connectivity index (χ3v) is 7.76. The summed E-state index contributed by atoms with van der Waals surface area (Å²) in [6.07, 6.45) is 0. The van der Waals surface area contributed by atoms with E-state index in [9.17, 15) is 13.2 Å². The number of aromatic nitrogens is 4. The molecular weight excluding hydrogens is 448 g/mol. The quantitative estimate of drug-likeness (QED) is 0.524. The summed E-state index contributed by atoms with van der Waals surface area (Å²) < 4.78 is 27.6. The molecule has 0 saturated heterocycles. The number of tetrazole rings is 1. The smallest absolute Gasteiger partial charge is 0.242 e. The van der Waals surface area contributed by atoms with Gasteiger partial charge in [0.1, 0.15) is 0 Å². The van der Waals surface area contributed by atoms with Crippen LogP contribution in [0, 0.1) is 20.8 Å². The maximum absolute atomic E-state index is 12.9. The number of nitrogens with one attached hydrogen (secondary N) is 1. The number of anilines is 1. The first-order chi connectivity index (χ1) is 15.0. The second-order valence-electron chi connectivity index (χ2n) is 7.68. The first-order valence-corrected chi connectivity index (χ1v) is 12.2. The van der Waals surface area contributed by atoms with Crippen LogP contribution in [0.25, 0.3) is 5.69 Å². The number of thioether (sulfide) groups is 1. The van der Waals surface area contributed by atoms with Crippen molar-refractivity contribution in [2.45, 2.75) is 43.0 Å². The fourth-order valence-electron chi connectivity index (χ4n) is 3.00. The van der Waals surface area contributed by atoms with E-state index in [-0.39, 0.29) is 10.8 Å². The highest BCUT2D eigenvalue weighted by molar-refractivity contribution is 8.00. The van der Waals surface area contributed by atoms with Gasteiger partial charge in [0.15, 0.2) is 0 Å². The summed E-state index contributed by atoms with van der Waals surface area (Å²) in [6, 6.07) is 10.6. The Morgan fingerprint density at radius 1 is 1.09 bits per heavy atom. The number of hydrogen-bond donors (Lipinski definition) is 1. The number of hydrogen-bond acceptors (Lipinski definition) is 7. The molecular formula is C21H26N6O3S2. The number of rotatable bonds is 7. The van der Waals surface area contributed by atoms with Gasteiger partial charge < -0.3 is 5.32 Å². The first-order valence-electron chi connectivity index (χ1n) is 9.87. The molecule has 0 bridgehead atoms. The molecule has 1 atom stereocenters. The molecule has 0 aliphatic rings. The van der Waals surface area contributed by atoms with Crippen molar-refractivity contribution in [3.05, 3.63) is 53.1 Å². The standard InChI is InChI=1S/C21H26N6O3S2/c1-13-7-10-19(15(3)11-13)27-21(23-24-25-27)31-16(4)20(28)22-18-12-17(9-8-14(18)2)32(29,30)26(5)6/h7-12,16H,1-6H3,(H,22,28). The van der Waals surface area contributed by atoms with Crippen molar-refractivity contribution >= 4 is 33.4 Å². The van der Waals surface area contributed by atoms with Crippen LogP contribution in [-0.4, -0.2) is 58.2 Å². The van der Waals surface area contributed by atoms with Crippen LogP contribution < -0.4 is 5.32 Å². The minimum Gasteiger partial charge on any atom is -0.325 e. The maximum Gasteiger partial charge on any atom is 0.242 e. The van der Waals surface area contributed by atoms with Crippen LogP contribution in [-0.2, 0) is 14.8 Å². The van der Waals surface area contributed by atoms with Gasteiger partial charge in [0.05, 0.1) is 15.8 Å². The summed E-state index contributed by atoms with van der Waals surface area (Å²) in [5.74, 6) is -0.285.